The molecular formula is C24H30N2O5. The summed E-state index contributed by atoms with van der Waals surface area (Å²) in [6.45, 7) is 3.86. The summed E-state index contributed by atoms with van der Waals surface area (Å²) in [4.78, 5) is 27.1. The number of amides is 2. The van der Waals surface area contributed by atoms with Gasteiger partial charge in [-0.15, -0.1) is 0 Å². The number of aryl methyl sites for hydroxylation is 1. The van der Waals surface area contributed by atoms with Crippen molar-refractivity contribution in [3.05, 3.63) is 47.4 Å². The highest BCUT2D eigenvalue weighted by Crippen LogP contribution is 2.32. The van der Waals surface area contributed by atoms with Crippen LogP contribution in [0.1, 0.15) is 66.8 Å². The molecule has 1 aliphatic heterocycles. The van der Waals surface area contributed by atoms with Gasteiger partial charge in [0.2, 0.25) is 0 Å². The molecule has 166 valence electrons. The van der Waals surface area contributed by atoms with Crippen molar-refractivity contribution in [2.75, 3.05) is 26.3 Å². The van der Waals surface area contributed by atoms with E-state index in [1.165, 1.54) is 6.42 Å². The normalized spacial score (nSPS) is 18.2. The topological polar surface area (TPSA) is 81.0 Å². The summed E-state index contributed by atoms with van der Waals surface area (Å²) in [6.07, 6.45) is 7.71. The quantitative estimate of drug-likeness (QED) is 0.727. The van der Waals surface area contributed by atoms with E-state index >= 15 is 0 Å². The van der Waals surface area contributed by atoms with Crippen LogP contribution < -0.4 is 14.8 Å². The van der Waals surface area contributed by atoms with E-state index in [-0.39, 0.29) is 24.5 Å². The zero-order chi connectivity index (χ0) is 21.6. The molecule has 0 bridgehead atoms. The minimum atomic E-state index is -0.170. The lowest BCUT2D eigenvalue weighted by Gasteiger charge is -2.26. The predicted molar refractivity (Wildman–Crippen MR) is 115 cm³/mol. The summed E-state index contributed by atoms with van der Waals surface area (Å²) in [6, 6.07) is 6.97. The van der Waals surface area contributed by atoms with Gasteiger partial charge in [-0.25, -0.2) is 0 Å². The number of benzene rings is 1. The molecule has 31 heavy (non-hydrogen) atoms. The Hall–Kier alpha value is -2.96. The third-order valence-electron chi connectivity index (χ3n) is 5.92. The maximum Gasteiger partial charge on any atom is 0.260 e. The summed E-state index contributed by atoms with van der Waals surface area (Å²) in [5.41, 5.74) is 1.55. The maximum absolute atomic E-state index is 12.9. The molecule has 2 aromatic rings. The minimum absolute atomic E-state index is 0.0165. The first kappa shape index (κ1) is 21.3. The van der Waals surface area contributed by atoms with Crippen molar-refractivity contribution in [1.82, 2.24) is 10.2 Å². The van der Waals surface area contributed by atoms with Crippen molar-refractivity contribution in [2.24, 2.45) is 0 Å². The van der Waals surface area contributed by atoms with E-state index in [0.29, 0.717) is 23.7 Å². The fraction of sp³-hybridized carbons (Fsp3) is 0.500. The molecule has 7 nitrogen and oxygen atoms in total. The molecule has 1 fully saturated rings. The number of ether oxygens (including phenoxy) is 2. The van der Waals surface area contributed by atoms with Gasteiger partial charge in [-0.2, -0.15) is 0 Å². The number of nitrogens with one attached hydrogen (secondary N) is 1. The van der Waals surface area contributed by atoms with Crippen LogP contribution in [0, 0.1) is 0 Å². The molecule has 2 heterocycles. The number of furan rings is 1. The molecule has 2 amide bonds. The first-order chi connectivity index (χ1) is 15.2. The largest absolute Gasteiger partial charge is 0.490 e. The van der Waals surface area contributed by atoms with Crippen LogP contribution in [0.15, 0.2) is 34.9 Å². The first-order valence-electron chi connectivity index (χ1n) is 11.2. The third-order valence-corrected chi connectivity index (χ3v) is 5.92. The van der Waals surface area contributed by atoms with E-state index in [1.54, 1.807) is 24.5 Å². The van der Waals surface area contributed by atoms with Crippen LogP contribution in [0.5, 0.6) is 11.5 Å². The number of fused-ring (bicyclic) bond motifs is 1. The van der Waals surface area contributed by atoms with Crippen LogP contribution in [0.2, 0.25) is 0 Å². The van der Waals surface area contributed by atoms with Crippen molar-refractivity contribution >= 4 is 11.8 Å². The van der Waals surface area contributed by atoms with Crippen molar-refractivity contribution < 1.29 is 23.5 Å². The molecule has 1 atom stereocenters. The van der Waals surface area contributed by atoms with Crippen LogP contribution in [0.4, 0.5) is 0 Å². The van der Waals surface area contributed by atoms with Gasteiger partial charge in [0, 0.05) is 30.6 Å². The smallest absolute Gasteiger partial charge is 0.260 e. The van der Waals surface area contributed by atoms with E-state index in [4.69, 9.17) is 13.9 Å². The Morgan fingerprint density at radius 2 is 1.94 bits per heavy atom. The standard InChI is InChI=1S/C24H30N2O5/c1-2-29-22-15-17(24(28)25-19-7-6-8-20-18(19)11-14-30-20)9-10-21(22)31-16-23(27)26-12-4-3-5-13-26/h9-11,14-15,19H,2-8,12-13,16H2,1H3,(H,25,28). The molecular weight excluding hydrogens is 396 g/mol. The highest BCUT2D eigenvalue weighted by atomic mass is 16.5. The van der Waals surface area contributed by atoms with Gasteiger partial charge in [-0.1, -0.05) is 0 Å². The Balaban J connectivity index is 1.42. The monoisotopic (exact) mass is 426 g/mol. The van der Waals surface area contributed by atoms with Gasteiger partial charge < -0.3 is 24.1 Å². The third kappa shape index (κ3) is 5.03. The Bertz CT molecular complexity index is 916. The number of carbonyl (C=O) groups is 2. The zero-order valence-electron chi connectivity index (χ0n) is 18.0. The molecule has 4 rings (SSSR count). The highest BCUT2D eigenvalue weighted by Gasteiger charge is 2.25. The van der Waals surface area contributed by atoms with E-state index in [0.717, 1.165) is 56.5 Å². The molecule has 0 spiro atoms. The van der Waals surface area contributed by atoms with Gasteiger partial charge in [0.05, 0.1) is 18.9 Å². The van der Waals surface area contributed by atoms with E-state index in [1.807, 2.05) is 17.9 Å². The van der Waals surface area contributed by atoms with Crippen molar-refractivity contribution in [3.63, 3.8) is 0 Å². The van der Waals surface area contributed by atoms with Gasteiger partial charge in [-0.05, 0) is 63.3 Å². The van der Waals surface area contributed by atoms with Crippen LogP contribution in [0.3, 0.4) is 0 Å². The van der Waals surface area contributed by atoms with Gasteiger partial charge in [0.1, 0.15) is 5.76 Å². The maximum atomic E-state index is 12.9. The minimum Gasteiger partial charge on any atom is -0.490 e. The lowest BCUT2D eigenvalue weighted by Crippen LogP contribution is -2.38. The second-order valence-electron chi connectivity index (χ2n) is 8.04. The SMILES string of the molecule is CCOc1cc(C(=O)NC2CCCc3occc32)ccc1OCC(=O)N1CCCCC1. The average Bonchev–Trinajstić information content (AvgIpc) is 3.29. The molecule has 0 saturated carbocycles. The number of carbonyl (C=O) groups excluding carboxylic acids is 2. The lowest BCUT2D eigenvalue weighted by molar-refractivity contribution is -0.134. The molecule has 1 N–H and O–H groups in total. The molecule has 1 unspecified atom stereocenters. The Morgan fingerprint density at radius 1 is 1.10 bits per heavy atom. The molecule has 1 saturated heterocycles. The Morgan fingerprint density at radius 3 is 2.74 bits per heavy atom. The van der Waals surface area contributed by atoms with Crippen LogP contribution in [-0.4, -0.2) is 43.0 Å². The number of nitrogens with zero attached hydrogens (tertiary/aromatic N) is 1. The molecule has 1 aromatic heterocycles. The fourth-order valence-electron chi connectivity index (χ4n) is 4.29. The van der Waals surface area contributed by atoms with Crippen LogP contribution in [0.25, 0.3) is 0 Å². The second kappa shape index (κ2) is 9.90. The molecule has 2 aliphatic rings. The molecule has 7 heteroatoms. The number of piperidine rings is 1. The first-order valence-corrected chi connectivity index (χ1v) is 11.2. The zero-order valence-corrected chi connectivity index (χ0v) is 18.0. The number of rotatable bonds is 7. The van der Waals surface area contributed by atoms with Crippen LogP contribution >= 0.6 is 0 Å². The van der Waals surface area contributed by atoms with Gasteiger partial charge in [0.25, 0.3) is 11.8 Å². The van der Waals surface area contributed by atoms with Gasteiger partial charge in [0.15, 0.2) is 18.1 Å². The molecule has 1 aliphatic carbocycles. The van der Waals surface area contributed by atoms with Crippen molar-refractivity contribution in [3.8, 4) is 11.5 Å². The summed E-state index contributed by atoms with van der Waals surface area (Å²) in [5.74, 6) is 1.70. The molecule has 1 aromatic carbocycles. The van der Waals surface area contributed by atoms with Crippen molar-refractivity contribution in [1.29, 1.82) is 0 Å². The fourth-order valence-corrected chi connectivity index (χ4v) is 4.29. The summed E-state index contributed by atoms with van der Waals surface area (Å²) < 4.78 is 17.0. The summed E-state index contributed by atoms with van der Waals surface area (Å²) in [7, 11) is 0. The number of hydrogen-bond donors (Lipinski definition) is 1. The Kier molecular flexibility index (Phi) is 6.79. The number of likely N-dealkylation sites (tertiary alicyclic amines) is 1. The molecule has 0 radical (unpaired) electrons. The Labute approximate surface area is 182 Å². The van der Waals surface area contributed by atoms with E-state index < -0.39 is 0 Å². The van der Waals surface area contributed by atoms with Gasteiger partial charge >= 0.3 is 0 Å². The van der Waals surface area contributed by atoms with E-state index in [2.05, 4.69) is 5.32 Å². The predicted octanol–water partition coefficient (Wildman–Crippen LogP) is 3.88. The van der Waals surface area contributed by atoms with Crippen molar-refractivity contribution in [2.45, 2.75) is 51.5 Å². The highest BCUT2D eigenvalue weighted by molar-refractivity contribution is 5.95. The average molecular weight is 427 g/mol. The summed E-state index contributed by atoms with van der Waals surface area (Å²) >= 11 is 0. The second-order valence-corrected chi connectivity index (χ2v) is 8.04. The summed E-state index contributed by atoms with van der Waals surface area (Å²) in [5, 5.41) is 3.10. The van der Waals surface area contributed by atoms with E-state index in [9.17, 15) is 9.59 Å². The lowest BCUT2D eigenvalue weighted by atomic mass is 9.93. The van der Waals surface area contributed by atoms with Crippen LogP contribution in [-0.2, 0) is 11.2 Å². The number of hydrogen-bond acceptors (Lipinski definition) is 5. The van der Waals surface area contributed by atoms with Gasteiger partial charge in [-0.3, -0.25) is 9.59 Å².